The van der Waals surface area contributed by atoms with Gasteiger partial charge in [-0.2, -0.15) is 0 Å². The molecule has 0 atom stereocenters. The standard InChI is InChI=1S/C17H19ClN2O2/c1-2-22-17(21)12-7-9-20(10-8-12)16-6-3-13-11-14(18)4-5-15(13)19-16/h3-6,11-12H,2,7-10H2,1H3. The number of hydrogen-bond donors (Lipinski definition) is 0. The summed E-state index contributed by atoms with van der Waals surface area (Å²) in [7, 11) is 0. The Morgan fingerprint density at radius 2 is 2.09 bits per heavy atom. The lowest BCUT2D eigenvalue weighted by Crippen LogP contribution is -2.37. The highest BCUT2D eigenvalue weighted by Crippen LogP contribution is 2.25. The Labute approximate surface area is 135 Å². The minimum Gasteiger partial charge on any atom is -0.466 e. The lowest BCUT2D eigenvalue weighted by Gasteiger charge is -2.31. The highest BCUT2D eigenvalue weighted by Gasteiger charge is 2.26. The summed E-state index contributed by atoms with van der Waals surface area (Å²) in [4.78, 5) is 18.7. The van der Waals surface area contributed by atoms with Crippen LogP contribution in [0.1, 0.15) is 19.8 Å². The van der Waals surface area contributed by atoms with Gasteiger partial charge in [0.25, 0.3) is 0 Å². The largest absolute Gasteiger partial charge is 0.466 e. The summed E-state index contributed by atoms with van der Waals surface area (Å²) in [6.07, 6.45) is 1.64. The maximum Gasteiger partial charge on any atom is 0.309 e. The SMILES string of the molecule is CCOC(=O)C1CCN(c2ccc3cc(Cl)ccc3n2)CC1. The third kappa shape index (κ3) is 3.17. The van der Waals surface area contributed by atoms with E-state index in [9.17, 15) is 4.79 Å². The van der Waals surface area contributed by atoms with Crippen molar-refractivity contribution >= 4 is 34.3 Å². The molecule has 3 rings (SSSR count). The minimum absolute atomic E-state index is 0.0236. The van der Waals surface area contributed by atoms with Crippen molar-refractivity contribution in [3.63, 3.8) is 0 Å². The molecule has 1 aromatic heterocycles. The van der Waals surface area contributed by atoms with Crippen molar-refractivity contribution in [3.05, 3.63) is 35.4 Å². The lowest BCUT2D eigenvalue weighted by molar-refractivity contribution is -0.148. The molecule has 2 heterocycles. The zero-order valence-electron chi connectivity index (χ0n) is 12.6. The molecule has 2 aromatic rings. The van der Waals surface area contributed by atoms with E-state index in [0.717, 1.165) is 47.7 Å². The van der Waals surface area contributed by atoms with Gasteiger partial charge in [0.05, 0.1) is 18.0 Å². The van der Waals surface area contributed by atoms with E-state index in [2.05, 4.69) is 4.90 Å². The number of hydrogen-bond acceptors (Lipinski definition) is 4. The van der Waals surface area contributed by atoms with Crippen LogP contribution in [0.15, 0.2) is 30.3 Å². The number of carbonyl (C=O) groups excluding carboxylic acids is 1. The monoisotopic (exact) mass is 318 g/mol. The lowest BCUT2D eigenvalue weighted by atomic mass is 9.97. The predicted molar refractivity (Wildman–Crippen MR) is 88.3 cm³/mol. The average Bonchev–Trinajstić information content (AvgIpc) is 2.55. The molecule has 0 spiro atoms. The second kappa shape index (κ2) is 6.53. The summed E-state index contributed by atoms with van der Waals surface area (Å²) >= 11 is 6.00. The second-order valence-corrected chi connectivity index (χ2v) is 5.96. The van der Waals surface area contributed by atoms with Crippen LogP contribution in [-0.4, -0.2) is 30.6 Å². The molecule has 0 unspecified atom stereocenters. The number of ether oxygens (including phenoxy) is 1. The van der Waals surface area contributed by atoms with Gasteiger partial charge in [0.1, 0.15) is 5.82 Å². The maximum atomic E-state index is 11.8. The van der Waals surface area contributed by atoms with Crippen LogP contribution in [0.3, 0.4) is 0 Å². The van der Waals surface area contributed by atoms with E-state index in [1.807, 2.05) is 37.3 Å². The minimum atomic E-state index is -0.0664. The van der Waals surface area contributed by atoms with E-state index in [-0.39, 0.29) is 11.9 Å². The number of aromatic nitrogens is 1. The number of pyridine rings is 1. The highest BCUT2D eigenvalue weighted by atomic mass is 35.5. The molecule has 1 aromatic carbocycles. The molecular weight excluding hydrogens is 300 g/mol. The number of fused-ring (bicyclic) bond motifs is 1. The maximum absolute atomic E-state index is 11.8. The van der Waals surface area contributed by atoms with E-state index in [4.69, 9.17) is 21.3 Å². The normalized spacial score (nSPS) is 16.0. The number of rotatable bonds is 3. The molecule has 5 heteroatoms. The van der Waals surface area contributed by atoms with Gasteiger partial charge in [0.15, 0.2) is 0 Å². The van der Waals surface area contributed by atoms with Crippen LogP contribution in [0.5, 0.6) is 0 Å². The predicted octanol–water partition coefficient (Wildman–Crippen LogP) is 3.67. The van der Waals surface area contributed by atoms with Crippen molar-refractivity contribution in [3.8, 4) is 0 Å². The summed E-state index contributed by atoms with van der Waals surface area (Å²) in [5, 5.41) is 1.76. The van der Waals surface area contributed by atoms with Gasteiger partial charge in [-0.25, -0.2) is 4.98 Å². The van der Waals surface area contributed by atoms with Gasteiger partial charge in [-0.15, -0.1) is 0 Å². The number of piperidine rings is 1. The first kappa shape index (κ1) is 15.1. The highest BCUT2D eigenvalue weighted by molar-refractivity contribution is 6.31. The molecule has 0 saturated carbocycles. The molecule has 0 bridgehead atoms. The van der Waals surface area contributed by atoms with E-state index in [0.29, 0.717) is 6.61 Å². The fourth-order valence-electron chi connectivity index (χ4n) is 2.87. The molecule has 1 fully saturated rings. The van der Waals surface area contributed by atoms with Gasteiger partial charge >= 0.3 is 5.97 Å². The zero-order chi connectivity index (χ0) is 15.5. The van der Waals surface area contributed by atoms with Crippen molar-refractivity contribution in [1.29, 1.82) is 0 Å². The van der Waals surface area contributed by atoms with Crippen LogP contribution in [0.2, 0.25) is 5.02 Å². The first-order valence-corrected chi connectivity index (χ1v) is 8.03. The van der Waals surface area contributed by atoms with Crippen LogP contribution in [-0.2, 0) is 9.53 Å². The van der Waals surface area contributed by atoms with Gasteiger partial charge in [0.2, 0.25) is 0 Å². The average molecular weight is 319 g/mol. The quantitative estimate of drug-likeness (QED) is 0.810. The molecule has 116 valence electrons. The zero-order valence-corrected chi connectivity index (χ0v) is 13.3. The number of esters is 1. The summed E-state index contributed by atoms with van der Waals surface area (Å²) in [6.45, 7) is 3.96. The van der Waals surface area contributed by atoms with Crippen LogP contribution in [0.4, 0.5) is 5.82 Å². The Balaban J connectivity index is 1.71. The number of anilines is 1. The van der Waals surface area contributed by atoms with Crippen molar-refractivity contribution in [2.24, 2.45) is 5.92 Å². The van der Waals surface area contributed by atoms with E-state index in [1.165, 1.54) is 0 Å². The molecular formula is C17H19ClN2O2. The van der Waals surface area contributed by atoms with Crippen LogP contribution in [0.25, 0.3) is 10.9 Å². The summed E-state index contributed by atoms with van der Waals surface area (Å²) < 4.78 is 5.11. The van der Waals surface area contributed by atoms with Gasteiger partial charge in [-0.1, -0.05) is 11.6 Å². The van der Waals surface area contributed by atoms with Crippen LogP contribution < -0.4 is 4.90 Å². The first-order valence-electron chi connectivity index (χ1n) is 7.65. The van der Waals surface area contributed by atoms with Gasteiger partial charge in [0, 0.05) is 23.5 Å². The Bertz CT molecular complexity index is 681. The second-order valence-electron chi connectivity index (χ2n) is 5.52. The molecule has 0 N–H and O–H groups in total. The summed E-state index contributed by atoms with van der Waals surface area (Å²) in [6, 6.07) is 9.77. The molecule has 0 aliphatic carbocycles. The van der Waals surface area contributed by atoms with E-state index >= 15 is 0 Å². The number of benzene rings is 1. The van der Waals surface area contributed by atoms with Crippen molar-refractivity contribution in [1.82, 2.24) is 4.98 Å². The third-order valence-electron chi connectivity index (χ3n) is 4.08. The van der Waals surface area contributed by atoms with Crippen molar-refractivity contribution in [2.75, 3.05) is 24.6 Å². The smallest absolute Gasteiger partial charge is 0.309 e. The fourth-order valence-corrected chi connectivity index (χ4v) is 3.05. The topological polar surface area (TPSA) is 42.4 Å². The molecule has 0 radical (unpaired) electrons. The Hall–Kier alpha value is -1.81. The molecule has 1 aliphatic rings. The molecule has 0 amide bonds. The van der Waals surface area contributed by atoms with E-state index in [1.54, 1.807) is 0 Å². The number of carbonyl (C=O) groups is 1. The fraction of sp³-hybridized carbons (Fsp3) is 0.412. The Morgan fingerprint density at radius 3 is 2.82 bits per heavy atom. The Morgan fingerprint density at radius 1 is 1.32 bits per heavy atom. The number of halogens is 1. The van der Waals surface area contributed by atoms with Crippen LogP contribution in [0, 0.1) is 5.92 Å². The van der Waals surface area contributed by atoms with Gasteiger partial charge in [-0.3, -0.25) is 4.79 Å². The van der Waals surface area contributed by atoms with Crippen molar-refractivity contribution in [2.45, 2.75) is 19.8 Å². The Kier molecular flexibility index (Phi) is 4.48. The van der Waals surface area contributed by atoms with Gasteiger partial charge in [-0.05, 0) is 50.1 Å². The first-order chi connectivity index (χ1) is 10.7. The summed E-state index contributed by atoms with van der Waals surface area (Å²) in [5.74, 6) is 0.913. The summed E-state index contributed by atoms with van der Waals surface area (Å²) in [5.41, 5.74) is 0.939. The van der Waals surface area contributed by atoms with Crippen LogP contribution >= 0.6 is 11.6 Å². The molecule has 4 nitrogen and oxygen atoms in total. The van der Waals surface area contributed by atoms with Crippen molar-refractivity contribution < 1.29 is 9.53 Å². The molecule has 22 heavy (non-hydrogen) atoms. The number of nitrogens with zero attached hydrogens (tertiary/aromatic N) is 2. The van der Waals surface area contributed by atoms with Gasteiger partial charge < -0.3 is 9.64 Å². The van der Waals surface area contributed by atoms with E-state index < -0.39 is 0 Å². The molecule has 1 aliphatic heterocycles. The third-order valence-corrected chi connectivity index (χ3v) is 4.31. The molecule has 1 saturated heterocycles.